The van der Waals surface area contributed by atoms with Crippen molar-refractivity contribution in [1.82, 2.24) is 5.32 Å². The number of carboxylic acids is 1. The molecule has 0 saturated heterocycles. The summed E-state index contributed by atoms with van der Waals surface area (Å²) in [5, 5.41) is 11.7. The zero-order chi connectivity index (χ0) is 31.1. The number of hydrogen-bond acceptors (Lipinski definition) is 6. The topological polar surface area (TPSA) is 119 Å². The predicted molar refractivity (Wildman–Crippen MR) is 165 cm³/mol. The highest BCUT2D eigenvalue weighted by Gasteiger charge is 2.23. The zero-order valence-corrected chi connectivity index (χ0v) is 26.3. The van der Waals surface area contributed by atoms with Crippen molar-refractivity contribution in [2.24, 2.45) is 0 Å². The van der Waals surface area contributed by atoms with Gasteiger partial charge in [0, 0.05) is 19.3 Å². The van der Waals surface area contributed by atoms with Crippen molar-refractivity contribution in [1.29, 1.82) is 0 Å². The molecule has 1 aromatic rings. The second-order valence-electron chi connectivity index (χ2n) is 12.2. The third-order valence-electron chi connectivity index (χ3n) is 6.95. The van der Waals surface area contributed by atoms with Crippen molar-refractivity contribution in [3.63, 3.8) is 0 Å². The first-order valence-corrected chi connectivity index (χ1v) is 16.0. The first-order chi connectivity index (χ1) is 20.1. The Labute approximate surface area is 253 Å². The van der Waals surface area contributed by atoms with Gasteiger partial charge in [0.15, 0.2) is 0 Å². The third-order valence-corrected chi connectivity index (χ3v) is 6.95. The number of carbonyl (C=O) groups is 4. The average molecular weight is 590 g/mol. The fourth-order valence-electron chi connectivity index (χ4n) is 4.68. The number of carboxylic acid groups (broad SMARTS) is 1. The quantitative estimate of drug-likeness (QED) is 0.0938. The van der Waals surface area contributed by atoms with Crippen molar-refractivity contribution < 1.29 is 33.8 Å². The van der Waals surface area contributed by atoms with Gasteiger partial charge in [-0.3, -0.25) is 14.4 Å². The Bertz CT molecular complexity index is 895. The molecule has 1 aromatic carbocycles. The second-order valence-corrected chi connectivity index (χ2v) is 12.2. The molecule has 0 bridgehead atoms. The van der Waals surface area contributed by atoms with E-state index in [-0.39, 0.29) is 31.3 Å². The summed E-state index contributed by atoms with van der Waals surface area (Å²) in [6.45, 7) is 5.78. The number of esters is 2. The molecular weight excluding hydrogens is 534 g/mol. The number of ether oxygens (including phenoxy) is 2. The molecule has 0 aliphatic rings. The van der Waals surface area contributed by atoms with E-state index in [0.717, 1.165) is 44.1 Å². The van der Waals surface area contributed by atoms with Gasteiger partial charge in [0.2, 0.25) is 5.91 Å². The van der Waals surface area contributed by atoms with Crippen LogP contribution in [0.15, 0.2) is 30.3 Å². The van der Waals surface area contributed by atoms with Crippen LogP contribution in [0.25, 0.3) is 0 Å². The van der Waals surface area contributed by atoms with Crippen molar-refractivity contribution >= 4 is 23.8 Å². The molecule has 0 fully saturated rings. The number of hydrogen-bond donors (Lipinski definition) is 2. The van der Waals surface area contributed by atoms with Crippen LogP contribution in [0, 0.1) is 0 Å². The van der Waals surface area contributed by atoms with Gasteiger partial charge in [0.1, 0.15) is 18.2 Å². The minimum atomic E-state index is -1.02. The molecular formula is C34H55NO7. The van der Waals surface area contributed by atoms with Crippen molar-refractivity contribution in [3.8, 4) is 0 Å². The third kappa shape index (κ3) is 21.8. The van der Waals surface area contributed by atoms with E-state index < -0.39 is 23.6 Å². The largest absolute Gasteiger partial charge is 0.481 e. The lowest BCUT2D eigenvalue weighted by molar-refractivity contribution is -0.155. The van der Waals surface area contributed by atoms with Crippen LogP contribution in [-0.2, 0) is 35.3 Å². The number of aliphatic carboxylic acids is 1. The molecule has 1 atom stereocenters. The first kappa shape index (κ1) is 37.1. The van der Waals surface area contributed by atoms with Gasteiger partial charge in [-0.15, -0.1) is 0 Å². The summed E-state index contributed by atoms with van der Waals surface area (Å²) < 4.78 is 10.6. The molecule has 8 heteroatoms. The average Bonchev–Trinajstić information content (AvgIpc) is 2.93. The van der Waals surface area contributed by atoms with Gasteiger partial charge in [-0.25, -0.2) is 4.79 Å². The normalized spacial score (nSPS) is 12.0. The molecule has 2 N–H and O–H groups in total. The highest BCUT2D eigenvalue weighted by molar-refractivity contribution is 5.84. The molecule has 0 aliphatic carbocycles. The van der Waals surface area contributed by atoms with Crippen molar-refractivity contribution in [2.75, 3.05) is 0 Å². The van der Waals surface area contributed by atoms with Crippen LogP contribution in [0.5, 0.6) is 0 Å². The fraction of sp³-hybridized carbons (Fsp3) is 0.706. The molecule has 42 heavy (non-hydrogen) atoms. The maximum absolute atomic E-state index is 12.5. The highest BCUT2D eigenvalue weighted by Crippen LogP contribution is 2.15. The Morgan fingerprint density at radius 3 is 1.67 bits per heavy atom. The summed E-state index contributed by atoms with van der Waals surface area (Å²) in [5.41, 5.74) is 0.435. The molecule has 0 aromatic heterocycles. The van der Waals surface area contributed by atoms with E-state index in [1.807, 2.05) is 51.1 Å². The van der Waals surface area contributed by atoms with E-state index in [0.29, 0.717) is 12.8 Å². The Morgan fingerprint density at radius 1 is 0.714 bits per heavy atom. The van der Waals surface area contributed by atoms with Crippen molar-refractivity contribution in [3.05, 3.63) is 35.9 Å². The molecule has 1 amide bonds. The van der Waals surface area contributed by atoms with Gasteiger partial charge < -0.3 is 19.9 Å². The predicted octanol–water partition coefficient (Wildman–Crippen LogP) is 7.66. The lowest BCUT2D eigenvalue weighted by Crippen LogP contribution is -2.42. The standard InChI is InChI=1S/C34H55NO7/c1-34(2,3)42-32(39)24-20-15-13-11-9-7-5-4-6-8-10-12-14-19-23-30(36)35-29(25-26-31(37)38)33(40)41-27-28-21-17-16-18-22-28/h16-18,21-22,29H,4-15,19-20,23-27H2,1-3H3,(H,35,36)(H,37,38)/t29-/m0/s1. The number of unbranched alkanes of at least 4 members (excludes halogenated alkanes) is 13. The van der Waals surface area contributed by atoms with E-state index in [1.165, 1.54) is 51.4 Å². The van der Waals surface area contributed by atoms with Crippen LogP contribution in [0.4, 0.5) is 0 Å². The molecule has 0 aliphatic heterocycles. The summed E-state index contributed by atoms with van der Waals surface area (Å²) in [6, 6.07) is 8.27. The SMILES string of the molecule is CC(C)(C)OC(=O)CCCCCCCCCCCCCCCCC(=O)N[C@@H](CCC(=O)O)C(=O)OCc1ccccc1. The number of carbonyl (C=O) groups excluding carboxylic acids is 3. The van der Waals surface area contributed by atoms with Crippen molar-refractivity contribution in [2.45, 2.75) is 155 Å². The fourth-order valence-corrected chi connectivity index (χ4v) is 4.68. The summed E-state index contributed by atoms with van der Waals surface area (Å²) in [6.07, 6.45) is 16.5. The van der Waals surface area contributed by atoms with Gasteiger partial charge in [-0.2, -0.15) is 0 Å². The highest BCUT2D eigenvalue weighted by atomic mass is 16.6. The summed E-state index contributed by atoms with van der Waals surface area (Å²) in [5.74, 6) is -1.97. The molecule has 238 valence electrons. The molecule has 8 nitrogen and oxygen atoms in total. The zero-order valence-electron chi connectivity index (χ0n) is 26.3. The van der Waals surface area contributed by atoms with Crippen LogP contribution in [-0.4, -0.2) is 40.6 Å². The van der Waals surface area contributed by atoms with Crippen LogP contribution in [0.3, 0.4) is 0 Å². The van der Waals surface area contributed by atoms with Gasteiger partial charge in [-0.1, -0.05) is 107 Å². The minimum absolute atomic E-state index is 0.00451. The maximum Gasteiger partial charge on any atom is 0.328 e. The van der Waals surface area contributed by atoms with Crippen LogP contribution >= 0.6 is 0 Å². The maximum atomic E-state index is 12.5. The number of benzene rings is 1. The summed E-state index contributed by atoms with van der Waals surface area (Å²) >= 11 is 0. The lowest BCUT2D eigenvalue weighted by Gasteiger charge is -2.19. The molecule has 0 spiro atoms. The number of amides is 1. The molecule has 1 rings (SSSR count). The van der Waals surface area contributed by atoms with Crippen LogP contribution < -0.4 is 5.32 Å². The Morgan fingerprint density at radius 2 is 1.19 bits per heavy atom. The van der Waals surface area contributed by atoms with Gasteiger partial charge in [-0.05, 0) is 45.6 Å². The van der Waals surface area contributed by atoms with E-state index in [9.17, 15) is 19.2 Å². The van der Waals surface area contributed by atoms with Gasteiger partial charge in [0.25, 0.3) is 0 Å². The van der Waals surface area contributed by atoms with E-state index in [1.54, 1.807) is 0 Å². The number of rotatable bonds is 24. The number of nitrogens with one attached hydrogen (secondary N) is 1. The van der Waals surface area contributed by atoms with E-state index >= 15 is 0 Å². The monoisotopic (exact) mass is 589 g/mol. The summed E-state index contributed by atoms with van der Waals surface area (Å²) in [7, 11) is 0. The molecule has 0 radical (unpaired) electrons. The van der Waals surface area contributed by atoms with E-state index in [4.69, 9.17) is 14.6 Å². The Balaban J connectivity index is 2.02. The van der Waals surface area contributed by atoms with Gasteiger partial charge >= 0.3 is 17.9 Å². The van der Waals surface area contributed by atoms with Crippen LogP contribution in [0.2, 0.25) is 0 Å². The molecule has 0 saturated carbocycles. The molecule has 0 unspecified atom stereocenters. The molecule has 0 heterocycles. The summed E-state index contributed by atoms with van der Waals surface area (Å²) in [4.78, 5) is 47.6. The van der Waals surface area contributed by atoms with Crippen LogP contribution in [0.1, 0.15) is 142 Å². The second kappa shape index (κ2) is 22.7. The Kier molecular flexibility index (Phi) is 20.0. The minimum Gasteiger partial charge on any atom is -0.481 e. The first-order valence-electron chi connectivity index (χ1n) is 16.0. The van der Waals surface area contributed by atoms with Gasteiger partial charge in [0.05, 0.1) is 0 Å². The van der Waals surface area contributed by atoms with E-state index in [2.05, 4.69) is 5.32 Å². The smallest absolute Gasteiger partial charge is 0.328 e. The Hall–Kier alpha value is -2.90. The lowest BCUT2D eigenvalue weighted by atomic mass is 10.0.